The Morgan fingerprint density at radius 2 is 1.93 bits per heavy atom. The molecule has 6 N–H and O–H groups in total. The van der Waals surface area contributed by atoms with Gasteiger partial charge in [-0.05, 0) is 12.8 Å². The van der Waals surface area contributed by atoms with Crippen LogP contribution in [0.15, 0.2) is 0 Å². The smallest absolute Gasteiger partial charge is 0.315 e. The fraction of sp³-hybridized carbons (Fsp3) is 0.812. The highest BCUT2D eigenvalue weighted by Crippen LogP contribution is 2.33. The summed E-state index contributed by atoms with van der Waals surface area (Å²) in [6.45, 7) is -1.71. The van der Waals surface area contributed by atoms with E-state index in [1.165, 1.54) is 0 Å². The first-order valence-corrected chi connectivity index (χ1v) is 9.92. The number of esters is 1. The lowest BCUT2D eigenvalue weighted by Crippen LogP contribution is -2.46. The van der Waals surface area contributed by atoms with Crippen LogP contribution >= 0.6 is 11.8 Å². The molecule has 10 nitrogen and oxygen atoms in total. The molecule has 0 saturated carbocycles. The first-order chi connectivity index (χ1) is 12.9. The van der Waals surface area contributed by atoms with Crippen LogP contribution in [0.25, 0.3) is 0 Å². The molecule has 2 aliphatic rings. The molecule has 2 aliphatic heterocycles. The molecule has 11 heteroatoms. The van der Waals surface area contributed by atoms with Gasteiger partial charge in [-0.3, -0.25) is 9.59 Å². The van der Waals surface area contributed by atoms with E-state index in [4.69, 9.17) is 14.9 Å². The monoisotopic (exact) mass is 406 g/mol. The Kier molecular flexibility index (Phi) is 8.29. The van der Waals surface area contributed by atoms with Crippen LogP contribution in [0.1, 0.15) is 25.7 Å². The number of Topliss-reactive ketones (excluding diaryl/α,β-unsaturated/α-hetero) is 1. The van der Waals surface area contributed by atoms with Crippen LogP contribution in [-0.2, 0) is 14.3 Å². The maximum atomic E-state index is 11.9. The Bertz CT molecular complexity index is 549. The van der Waals surface area contributed by atoms with Crippen LogP contribution in [0.2, 0.25) is 0 Å². The van der Waals surface area contributed by atoms with Gasteiger partial charge >= 0.3 is 12.0 Å². The van der Waals surface area contributed by atoms with Gasteiger partial charge in [0.05, 0.1) is 25.3 Å². The Balaban J connectivity index is 1.72. The van der Waals surface area contributed by atoms with Gasteiger partial charge in [0.2, 0.25) is 5.78 Å². The first kappa shape index (κ1) is 21.9. The topological polar surface area (TPSA) is 165 Å². The van der Waals surface area contributed by atoms with Crippen molar-refractivity contribution in [2.24, 2.45) is 0 Å². The van der Waals surface area contributed by atoms with E-state index in [9.17, 15) is 24.6 Å². The van der Waals surface area contributed by atoms with Crippen molar-refractivity contribution in [1.29, 1.82) is 0 Å². The number of urea groups is 1. The summed E-state index contributed by atoms with van der Waals surface area (Å²) in [5.41, 5.74) is 0. The molecule has 2 saturated heterocycles. The summed E-state index contributed by atoms with van der Waals surface area (Å²) < 4.78 is 4.90. The Hall–Kier alpha value is -1.40. The SMILES string of the molecule is O=C1N[C@H]2[C@H](CS[C@H]2CCCCC(=O)O[C@@H](C(=O)[C@H](O)CO)[C@H](O)CO)N1. The average molecular weight is 406 g/mol. The highest BCUT2D eigenvalue weighted by Gasteiger charge is 2.42. The number of carbonyl (C=O) groups is 3. The number of unbranched alkanes of at least 4 members (excludes halogenated alkanes) is 1. The van der Waals surface area contributed by atoms with Gasteiger partial charge in [0.25, 0.3) is 0 Å². The lowest BCUT2D eigenvalue weighted by molar-refractivity contribution is -0.167. The van der Waals surface area contributed by atoms with Crippen molar-refractivity contribution in [1.82, 2.24) is 10.6 Å². The molecule has 0 unspecified atom stereocenters. The molecule has 27 heavy (non-hydrogen) atoms. The van der Waals surface area contributed by atoms with E-state index in [-0.39, 0.29) is 29.8 Å². The van der Waals surface area contributed by atoms with Crippen LogP contribution in [0.5, 0.6) is 0 Å². The number of hydrogen-bond acceptors (Lipinski definition) is 9. The second kappa shape index (κ2) is 10.2. The molecule has 0 bridgehead atoms. The summed E-state index contributed by atoms with van der Waals surface area (Å²) in [7, 11) is 0. The molecule has 2 amide bonds. The number of ketones is 1. The van der Waals surface area contributed by atoms with Crippen molar-refractivity contribution in [2.45, 2.75) is 61.3 Å². The number of aliphatic hydroxyl groups is 4. The Morgan fingerprint density at radius 3 is 2.59 bits per heavy atom. The van der Waals surface area contributed by atoms with E-state index in [1.54, 1.807) is 11.8 Å². The minimum atomic E-state index is -1.80. The number of fused-ring (bicyclic) bond motifs is 1. The van der Waals surface area contributed by atoms with Crippen LogP contribution in [0.4, 0.5) is 4.79 Å². The summed E-state index contributed by atoms with van der Waals surface area (Å²) in [4.78, 5) is 35.1. The summed E-state index contributed by atoms with van der Waals surface area (Å²) in [6.07, 6.45) is -3.17. The zero-order valence-electron chi connectivity index (χ0n) is 14.7. The quantitative estimate of drug-likeness (QED) is 0.128. The third-order valence-electron chi connectivity index (χ3n) is 4.63. The molecule has 2 fully saturated rings. The molecule has 0 aromatic rings. The summed E-state index contributed by atoms with van der Waals surface area (Å²) in [5.74, 6) is -0.948. The van der Waals surface area contributed by atoms with Crippen LogP contribution in [0.3, 0.4) is 0 Å². The molecular formula is C16H26N2O8S. The highest BCUT2D eigenvalue weighted by molar-refractivity contribution is 8.00. The largest absolute Gasteiger partial charge is 0.451 e. The molecule has 0 aromatic heterocycles. The third kappa shape index (κ3) is 5.79. The van der Waals surface area contributed by atoms with Crippen molar-refractivity contribution in [3.05, 3.63) is 0 Å². The van der Waals surface area contributed by atoms with Gasteiger partial charge in [-0.1, -0.05) is 6.42 Å². The number of nitrogens with one attached hydrogen (secondary N) is 2. The number of amides is 2. The number of hydrogen-bond donors (Lipinski definition) is 6. The predicted octanol–water partition coefficient (Wildman–Crippen LogP) is -2.10. The van der Waals surface area contributed by atoms with E-state index in [2.05, 4.69) is 10.6 Å². The fourth-order valence-electron chi connectivity index (χ4n) is 3.16. The lowest BCUT2D eigenvalue weighted by Gasteiger charge is -2.22. The second-order valence-electron chi connectivity index (χ2n) is 6.63. The second-order valence-corrected chi connectivity index (χ2v) is 7.90. The molecule has 154 valence electrons. The van der Waals surface area contributed by atoms with Gasteiger partial charge in [0, 0.05) is 17.4 Å². The molecule has 2 heterocycles. The maximum absolute atomic E-state index is 11.9. The van der Waals surface area contributed by atoms with E-state index >= 15 is 0 Å². The minimum Gasteiger partial charge on any atom is -0.451 e. The zero-order valence-corrected chi connectivity index (χ0v) is 15.6. The Labute approximate surface area is 160 Å². The highest BCUT2D eigenvalue weighted by atomic mass is 32.2. The van der Waals surface area contributed by atoms with Crippen LogP contribution < -0.4 is 10.6 Å². The number of rotatable bonds is 11. The summed E-state index contributed by atoms with van der Waals surface area (Å²) in [6, 6.07) is 0.0837. The number of ether oxygens (including phenoxy) is 1. The van der Waals surface area contributed by atoms with Gasteiger partial charge in [0.15, 0.2) is 6.10 Å². The van der Waals surface area contributed by atoms with E-state index in [1.807, 2.05) is 0 Å². The van der Waals surface area contributed by atoms with Crippen molar-refractivity contribution in [2.75, 3.05) is 19.0 Å². The average Bonchev–Trinajstić information content (AvgIpc) is 3.20. The summed E-state index contributed by atoms with van der Waals surface area (Å²) >= 11 is 1.77. The molecule has 0 aromatic carbocycles. The van der Waals surface area contributed by atoms with Crippen LogP contribution in [-0.4, -0.2) is 92.8 Å². The predicted molar refractivity (Wildman–Crippen MR) is 95.0 cm³/mol. The Morgan fingerprint density at radius 1 is 1.19 bits per heavy atom. The molecular weight excluding hydrogens is 380 g/mol. The van der Waals surface area contributed by atoms with Crippen molar-refractivity contribution < 1.29 is 39.5 Å². The molecule has 0 aliphatic carbocycles. The maximum Gasteiger partial charge on any atom is 0.315 e. The van der Waals surface area contributed by atoms with Crippen molar-refractivity contribution >= 4 is 29.5 Å². The van der Waals surface area contributed by atoms with Gasteiger partial charge in [-0.25, -0.2) is 4.79 Å². The number of thioether (sulfide) groups is 1. The minimum absolute atomic E-state index is 0.00718. The zero-order chi connectivity index (χ0) is 20.0. The molecule has 6 atom stereocenters. The molecule has 0 spiro atoms. The van der Waals surface area contributed by atoms with Gasteiger partial charge in [-0.15, -0.1) is 0 Å². The van der Waals surface area contributed by atoms with Gasteiger partial charge in [-0.2, -0.15) is 11.8 Å². The third-order valence-corrected chi connectivity index (χ3v) is 6.14. The van der Waals surface area contributed by atoms with E-state index < -0.39 is 43.3 Å². The first-order valence-electron chi connectivity index (χ1n) is 8.87. The van der Waals surface area contributed by atoms with Gasteiger partial charge < -0.3 is 35.8 Å². The van der Waals surface area contributed by atoms with Crippen molar-refractivity contribution in [3.63, 3.8) is 0 Å². The van der Waals surface area contributed by atoms with Crippen LogP contribution in [0, 0.1) is 0 Å². The lowest BCUT2D eigenvalue weighted by atomic mass is 10.0. The summed E-state index contributed by atoms with van der Waals surface area (Å²) in [5, 5.41) is 42.8. The fourth-order valence-corrected chi connectivity index (χ4v) is 4.70. The molecule has 0 radical (unpaired) electrons. The van der Waals surface area contributed by atoms with E-state index in [0.29, 0.717) is 12.8 Å². The van der Waals surface area contributed by atoms with Crippen molar-refractivity contribution in [3.8, 4) is 0 Å². The number of aliphatic hydroxyl groups excluding tert-OH is 4. The standard InChI is InChI=1S/C16H26N2O8S/c19-5-9(21)14(24)15(10(22)6-20)26-12(23)4-2-1-3-11-13-8(7-27-11)17-16(25)18-13/h8-11,13,15,19-22H,1-7H2,(H2,17,18,25)/t8-,9+,10+,11-,13-,15+/m0/s1. The van der Waals surface area contributed by atoms with Gasteiger partial charge in [0.1, 0.15) is 12.2 Å². The normalized spacial score (nSPS) is 27.3. The van der Waals surface area contributed by atoms with E-state index in [0.717, 1.165) is 12.2 Å². The number of carbonyl (C=O) groups excluding carboxylic acids is 3. The molecule has 2 rings (SSSR count).